The highest BCUT2D eigenvalue weighted by molar-refractivity contribution is 7.89. The molecule has 6 nitrogen and oxygen atoms in total. The molecule has 3 saturated carbocycles. The molecule has 0 amide bonds. The van der Waals surface area contributed by atoms with Gasteiger partial charge in [0, 0.05) is 31.0 Å². The maximum atomic E-state index is 14.1. The van der Waals surface area contributed by atoms with Crippen LogP contribution in [0, 0.1) is 11.3 Å². The molecule has 1 atom stereocenters. The quantitative estimate of drug-likeness (QED) is 0.411. The second-order valence-corrected chi connectivity index (χ2v) is 14.4. The lowest BCUT2D eigenvalue weighted by Gasteiger charge is -2.67. The molecule has 3 aromatic rings. The molecule has 2 aromatic carbocycles. The molecule has 208 valence electrons. The van der Waals surface area contributed by atoms with Crippen LogP contribution in [0.15, 0.2) is 59.9 Å². The van der Waals surface area contributed by atoms with Crippen molar-refractivity contribution in [3.8, 4) is 0 Å². The Hall–Kier alpha value is -2.85. The summed E-state index contributed by atoms with van der Waals surface area (Å²) in [6.45, 7) is 6.66. The van der Waals surface area contributed by atoms with Gasteiger partial charge in [0.05, 0.1) is 29.0 Å². The van der Waals surface area contributed by atoms with E-state index in [4.69, 9.17) is 0 Å². The van der Waals surface area contributed by atoms with Gasteiger partial charge < -0.3 is 9.88 Å². The first kappa shape index (κ1) is 26.4. The molecule has 2 bridgehead atoms. The molecule has 4 aliphatic rings. The Balaban J connectivity index is 1.45. The fourth-order valence-corrected chi connectivity index (χ4v) is 7.99. The Kier molecular flexibility index (Phi) is 5.97. The topological polar surface area (TPSA) is 69.3 Å². The lowest BCUT2D eigenvalue weighted by molar-refractivity contribution is -0.137. The smallest absolute Gasteiger partial charge is 0.361 e. The van der Waals surface area contributed by atoms with E-state index in [2.05, 4.69) is 35.6 Å². The number of rotatable bonds is 5. The molecule has 1 N–H and O–H groups in total. The summed E-state index contributed by atoms with van der Waals surface area (Å²) in [6.07, 6.45) is 1.80. The van der Waals surface area contributed by atoms with Gasteiger partial charge in [0.1, 0.15) is 0 Å². The highest BCUT2D eigenvalue weighted by Gasteiger charge is 2.62. The van der Waals surface area contributed by atoms with E-state index in [-0.39, 0.29) is 34.9 Å². The Labute approximate surface area is 227 Å². The summed E-state index contributed by atoms with van der Waals surface area (Å²) in [6, 6.07) is 10.4. The summed E-state index contributed by atoms with van der Waals surface area (Å²) in [5.41, 5.74) is 1.88. The number of nitrogens with one attached hydrogen (secondary N) is 1. The lowest BCUT2D eigenvalue weighted by atomic mass is 9.41. The summed E-state index contributed by atoms with van der Waals surface area (Å²) in [4.78, 5) is 9.51. The van der Waals surface area contributed by atoms with Crippen LogP contribution in [-0.4, -0.2) is 35.3 Å². The number of fused-ring (bicyclic) bond motifs is 1. The molecule has 7 rings (SSSR count). The lowest BCUT2D eigenvalue weighted by Crippen LogP contribution is -2.66. The molecule has 0 spiro atoms. The van der Waals surface area contributed by atoms with E-state index in [1.54, 1.807) is 24.7 Å². The van der Waals surface area contributed by atoms with Gasteiger partial charge in [-0.2, -0.15) is 17.5 Å². The molecule has 39 heavy (non-hydrogen) atoms. The first-order valence-electron chi connectivity index (χ1n) is 13.3. The van der Waals surface area contributed by atoms with E-state index < -0.39 is 21.8 Å². The van der Waals surface area contributed by atoms with Gasteiger partial charge in [-0.15, -0.1) is 0 Å². The molecule has 0 saturated heterocycles. The van der Waals surface area contributed by atoms with E-state index in [0.29, 0.717) is 23.7 Å². The fraction of sp³-hybridized carbons (Fsp3) is 0.483. The Bertz CT molecular complexity index is 1460. The van der Waals surface area contributed by atoms with Crippen LogP contribution in [0.5, 0.6) is 0 Å². The van der Waals surface area contributed by atoms with Crippen molar-refractivity contribution in [1.82, 2.24) is 14.3 Å². The summed E-state index contributed by atoms with van der Waals surface area (Å²) in [5, 5.41) is 0. The maximum absolute atomic E-state index is 14.1. The average Bonchev–Trinajstić information content (AvgIpc) is 3.26. The average molecular weight is 559 g/mol. The molecule has 1 unspecified atom stereocenters. The van der Waals surface area contributed by atoms with E-state index in [1.807, 2.05) is 12.1 Å². The van der Waals surface area contributed by atoms with E-state index in [1.165, 1.54) is 10.4 Å². The highest BCUT2D eigenvalue weighted by atomic mass is 32.2. The van der Waals surface area contributed by atoms with Crippen LogP contribution in [0.25, 0.3) is 0 Å². The molecule has 10 heteroatoms. The number of benzene rings is 2. The number of alkyl halides is 3. The van der Waals surface area contributed by atoms with Gasteiger partial charge >= 0.3 is 6.18 Å². The normalized spacial score (nSPS) is 25.4. The van der Waals surface area contributed by atoms with Crippen molar-refractivity contribution >= 4 is 15.7 Å². The van der Waals surface area contributed by atoms with Gasteiger partial charge in [-0.05, 0) is 77.5 Å². The monoisotopic (exact) mass is 558 g/mol. The standard InChI is InChI=1S/C29H33F3N4O2S/c1-27(2,3)21-4-7-24(8-5-21)39(37,38)35-15-20-10-22(29(30,31)32)6-9-25(20)36(16-23-14-33-18-34-23)26(17-35)28-11-19(12-28)13-28/h4-10,14,18-19,26H,11-13,15-17H2,1-3H3,(H,33,34). The predicted molar refractivity (Wildman–Crippen MR) is 143 cm³/mol. The van der Waals surface area contributed by atoms with Crippen molar-refractivity contribution in [3.05, 3.63) is 77.4 Å². The van der Waals surface area contributed by atoms with Crippen LogP contribution in [0.4, 0.5) is 18.9 Å². The van der Waals surface area contributed by atoms with Gasteiger partial charge in [0.25, 0.3) is 0 Å². The number of hydrogen-bond donors (Lipinski definition) is 1. The summed E-state index contributed by atoms with van der Waals surface area (Å²) >= 11 is 0. The minimum Gasteiger partial charge on any atom is -0.361 e. The molecule has 0 radical (unpaired) electrons. The minimum absolute atomic E-state index is 0.0428. The number of halogens is 3. The van der Waals surface area contributed by atoms with Crippen molar-refractivity contribution in [1.29, 1.82) is 0 Å². The first-order valence-corrected chi connectivity index (χ1v) is 14.8. The number of imidazole rings is 1. The minimum atomic E-state index is -4.53. The van der Waals surface area contributed by atoms with E-state index in [0.717, 1.165) is 42.7 Å². The first-order chi connectivity index (χ1) is 18.3. The van der Waals surface area contributed by atoms with Crippen LogP contribution in [-0.2, 0) is 34.7 Å². The molecular weight excluding hydrogens is 525 g/mol. The number of aromatic nitrogens is 2. The van der Waals surface area contributed by atoms with Crippen molar-refractivity contribution < 1.29 is 21.6 Å². The number of nitrogens with zero attached hydrogens (tertiary/aromatic N) is 3. The van der Waals surface area contributed by atoms with E-state index >= 15 is 0 Å². The zero-order chi connectivity index (χ0) is 27.8. The Morgan fingerprint density at radius 2 is 1.69 bits per heavy atom. The van der Waals surface area contributed by atoms with Crippen LogP contribution in [0.2, 0.25) is 0 Å². The van der Waals surface area contributed by atoms with E-state index in [9.17, 15) is 21.6 Å². The molecule has 2 heterocycles. The zero-order valence-electron chi connectivity index (χ0n) is 22.3. The number of anilines is 1. The van der Waals surface area contributed by atoms with Gasteiger partial charge in [-0.1, -0.05) is 32.9 Å². The van der Waals surface area contributed by atoms with Gasteiger partial charge in [0.15, 0.2) is 0 Å². The molecule has 3 fully saturated rings. The van der Waals surface area contributed by atoms with Crippen LogP contribution < -0.4 is 4.90 Å². The van der Waals surface area contributed by atoms with Crippen LogP contribution in [0.1, 0.15) is 62.4 Å². The van der Waals surface area contributed by atoms with Gasteiger partial charge in [-0.3, -0.25) is 0 Å². The Morgan fingerprint density at radius 1 is 1.03 bits per heavy atom. The third-order valence-electron chi connectivity index (χ3n) is 8.86. The summed E-state index contributed by atoms with van der Waals surface area (Å²) in [5.74, 6) is 0.657. The largest absolute Gasteiger partial charge is 0.416 e. The Morgan fingerprint density at radius 3 is 2.23 bits per heavy atom. The van der Waals surface area contributed by atoms with Crippen molar-refractivity contribution in [2.75, 3.05) is 11.4 Å². The van der Waals surface area contributed by atoms with Crippen molar-refractivity contribution in [2.45, 2.75) is 75.7 Å². The van der Waals surface area contributed by atoms with Crippen molar-refractivity contribution in [3.63, 3.8) is 0 Å². The van der Waals surface area contributed by atoms with Crippen LogP contribution in [0.3, 0.4) is 0 Å². The van der Waals surface area contributed by atoms with Crippen molar-refractivity contribution in [2.24, 2.45) is 11.3 Å². The molecular formula is C29H33F3N4O2S. The number of hydrogen-bond acceptors (Lipinski definition) is 4. The predicted octanol–water partition coefficient (Wildman–Crippen LogP) is 6.11. The maximum Gasteiger partial charge on any atom is 0.416 e. The molecule has 1 aromatic heterocycles. The van der Waals surface area contributed by atoms with Gasteiger partial charge in [-0.25, -0.2) is 13.4 Å². The second-order valence-electron chi connectivity index (χ2n) is 12.5. The third-order valence-corrected chi connectivity index (χ3v) is 10.7. The molecule has 3 aliphatic carbocycles. The number of H-pyrrole nitrogens is 1. The second kappa shape index (κ2) is 8.83. The summed E-state index contributed by atoms with van der Waals surface area (Å²) < 4.78 is 70.9. The molecule has 1 aliphatic heterocycles. The zero-order valence-corrected chi connectivity index (χ0v) is 23.1. The number of sulfonamides is 1. The summed E-state index contributed by atoms with van der Waals surface area (Å²) in [7, 11) is -3.98. The number of aromatic amines is 1. The fourth-order valence-electron chi connectivity index (χ4n) is 6.57. The van der Waals surface area contributed by atoms with Crippen LogP contribution >= 0.6 is 0 Å². The highest BCUT2D eigenvalue weighted by Crippen LogP contribution is 2.67. The van der Waals surface area contributed by atoms with Gasteiger partial charge in [0.2, 0.25) is 10.0 Å². The SMILES string of the molecule is CC(C)(C)c1ccc(S(=O)(=O)N2Cc3cc(C(F)(F)F)ccc3N(Cc3cnc[nH]3)C(C34CC(C3)C4)C2)cc1. The third kappa shape index (κ3) is 4.55.